The van der Waals surface area contributed by atoms with Gasteiger partial charge in [-0.1, -0.05) is 29.5 Å². The third-order valence-corrected chi connectivity index (χ3v) is 2.34. The van der Waals surface area contributed by atoms with Gasteiger partial charge in [0.2, 0.25) is 0 Å². The lowest BCUT2D eigenvalue weighted by molar-refractivity contribution is -0.671. The Morgan fingerprint density at radius 2 is 1.62 bits per heavy atom. The molecule has 0 fully saturated rings. The average molecular weight is 208 g/mol. The van der Waals surface area contributed by atoms with Crippen LogP contribution in [0.15, 0.2) is 48.8 Å². The number of rotatable bonds is 0. The first-order valence-corrected chi connectivity index (χ1v) is 5.28. The molecule has 0 spiro atoms. The normalized spacial score (nSPS) is 9.38. The van der Waals surface area contributed by atoms with Crippen molar-refractivity contribution in [1.29, 1.82) is 0 Å². The summed E-state index contributed by atoms with van der Waals surface area (Å²) in [4.78, 5) is 0. The maximum atomic E-state index is 3.15. The standard InChI is InChI=1S/C15H14N/c1-13-5-7-14(8-6-13)9-10-15-4-3-11-16(2)12-15/h3-8,11-12H,1-2H3/q+1. The maximum absolute atomic E-state index is 3.15. The molecule has 0 aliphatic heterocycles. The number of benzene rings is 1. The first kappa shape index (κ1) is 10.4. The first-order valence-electron chi connectivity index (χ1n) is 5.28. The second-order valence-electron chi connectivity index (χ2n) is 3.87. The topological polar surface area (TPSA) is 3.88 Å². The molecule has 0 aliphatic carbocycles. The van der Waals surface area contributed by atoms with Crippen molar-refractivity contribution in [3.63, 3.8) is 0 Å². The Hall–Kier alpha value is -2.07. The third kappa shape index (κ3) is 2.71. The molecule has 78 valence electrons. The van der Waals surface area contributed by atoms with Gasteiger partial charge in [0.1, 0.15) is 7.05 Å². The summed E-state index contributed by atoms with van der Waals surface area (Å²) in [6.45, 7) is 2.08. The van der Waals surface area contributed by atoms with Gasteiger partial charge in [-0.05, 0) is 25.1 Å². The van der Waals surface area contributed by atoms with Crippen LogP contribution in [0.1, 0.15) is 16.7 Å². The smallest absolute Gasteiger partial charge is 0.184 e. The van der Waals surface area contributed by atoms with E-state index in [2.05, 4.69) is 30.9 Å². The molecule has 0 bridgehead atoms. The lowest BCUT2D eigenvalue weighted by atomic mass is 10.1. The summed E-state index contributed by atoms with van der Waals surface area (Å²) in [5.74, 6) is 6.30. The highest BCUT2D eigenvalue weighted by Crippen LogP contribution is 2.01. The van der Waals surface area contributed by atoms with Crippen molar-refractivity contribution in [1.82, 2.24) is 0 Å². The minimum atomic E-state index is 1.03. The molecule has 2 aromatic rings. The predicted octanol–water partition coefficient (Wildman–Crippen LogP) is 2.22. The molecule has 1 heterocycles. The SMILES string of the molecule is Cc1ccc(C#Cc2ccc[n+](C)c2)cc1. The number of hydrogen-bond donors (Lipinski definition) is 0. The van der Waals surface area contributed by atoms with Gasteiger partial charge < -0.3 is 0 Å². The van der Waals surface area contributed by atoms with Gasteiger partial charge in [-0.2, -0.15) is 0 Å². The molecule has 1 aromatic carbocycles. The van der Waals surface area contributed by atoms with Gasteiger partial charge in [-0.15, -0.1) is 0 Å². The van der Waals surface area contributed by atoms with E-state index in [1.807, 2.05) is 48.3 Å². The third-order valence-electron chi connectivity index (χ3n) is 2.34. The van der Waals surface area contributed by atoms with E-state index in [9.17, 15) is 0 Å². The van der Waals surface area contributed by atoms with Crippen LogP contribution in [0, 0.1) is 18.8 Å². The number of aryl methyl sites for hydroxylation is 2. The van der Waals surface area contributed by atoms with Crippen molar-refractivity contribution in [2.24, 2.45) is 7.05 Å². The zero-order valence-corrected chi connectivity index (χ0v) is 9.57. The van der Waals surface area contributed by atoms with Crippen LogP contribution in [0.4, 0.5) is 0 Å². The lowest BCUT2D eigenvalue weighted by Gasteiger charge is -1.91. The molecule has 1 heteroatoms. The Labute approximate surface area is 96.4 Å². The van der Waals surface area contributed by atoms with Crippen LogP contribution < -0.4 is 4.57 Å². The van der Waals surface area contributed by atoms with Gasteiger partial charge in [-0.25, -0.2) is 4.57 Å². The molecule has 0 amide bonds. The highest BCUT2D eigenvalue weighted by molar-refractivity contribution is 5.41. The van der Waals surface area contributed by atoms with Crippen LogP contribution in [0.2, 0.25) is 0 Å². The molecule has 0 N–H and O–H groups in total. The Bertz CT molecular complexity index is 542. The second-order valence-corrected chi connectivity index (χ2v) is 3.87. The van der Waals surface area contributed by atoms with E-state index in [0.29, 0.717) is 0 Å². The molecule has 2 rings (SSSR count). The summed E-state index contributed by atoms with van der Waals surface area (Å²) in [5.41, 5.74) is 3.35. The van der Waals surface area contributed by atoms with E-state index in [4.69, 9.17) is 0 Å². The zero-order chi connectivity index (χ0) is 11.4. The van der Waals surface area contributed by atoms with Gasteiger partial charge in [0.25, 0.3) is 0 Å². The minimum absolute atomic E-state index is 1.03. The maximum Gasteiger partial charge on any atom is 0.184 e. The number of pyridine rings is 1. The van der Waals surface area contributed by atoms with Crippen LogP contribution >= 0.6 is 0 Å². The largest absolute Gasteiger partial charge is 0.207 e. The Morgan fingerprint density at radius 1 is 0.938 bits per heavy atom. The summed E-state index contributed by atoms with van der Waals surface area (Å²) in [5, 5.41) is 0. The fourth-order valence-electron chi connectivity index (χ4n) is 1.44. The van der Waals surface area contributed by atoms with Gasteiger partial charge in [-0.3, -0.25) is 0 Å². The van der Waals surface area contributed by atoms with Crippen molar-refractivity contribution in [3.8, 4) is 11.8 Å². The quantitative estimate of drug-likeness (QED) is 0.461. The molecule has 1 nitrogen and oxygen atoms in total. The lowest BCUT2D eigenvalue weighted by Crippen LogP contribution is -2.26. The number of aromatic nitrogens is 1. The van der Waals surface area contributed by atoms with Gasteiger partial charge in [0, 0.05) is 11.6 Å². The van der Waals surface area contributed by atoms with E-state index in [-0.39, 0.29) is 0 Å². The molecule has 1 aromatic heterocycles. The molecule has 0 saturated carbocycles. The van der Waals surface area contributed by atoms with Crippen LogP contribution in [-0.4, -0.2) is 0 Å². The molecule has 0 radical (unpaired) electrons. The van der Waals surface area contributed by atoms with Crippen molar-refractivity contribution < 1.29 is 4.57 Å². The monoisotopic (exact) mass is 208 g/mol. The molecule has 0 aliphatic rings. The van der Waals surface area contributed by atoms with Gasteiger partial charge >= 0.3 is 0 Å². The van der Waals surface area contributed by atoms with Crippen molar-refractivity contribution in [2.45, 2.75) is 6.92 Å². The van der Waals surface area contributed by atoms with Gasteiger partial charge in [0.05, 0.1) is 5.56 Å². The van der Waals surface area contributed by atoms with E-state index in [1.165, 1.54) is 5.56 Å². The molecular formula is C15H14N+. The summed E-state index contributed by atoms with van der Waals surface area (Å²) >= 11 is 0. The molecule has 16 heavy (non-hydrogen) atoms. The fourth-order valence-corrected chi connectivity index (χ4v) is 1.44. The van der Waals surface area contributed by atoms with Crippen LogP contribution in [0.5, 0.6) is 0 Å². The van der Waals surface area contributed by atoms with Crippen molar-refractivity contribution >= 4 is 0 Å². The molecule has 0 unspecified atom stereocenters. The van der Waals surface area contributed by atoms with E-state index in [1.54, 1.807) is 0 Å². The van der Waals surface area contributed by atoms with Crippen molar-refractivity contribution in [2.75, 3.05) is 0 Å². The summed E-state index contributed by atoms with van der Waals surface area (Å²) in [7, 11) is 2.00. The second kappa shape index (κ2) is 4.63. The van der Waals surface area contributed by atoms with Crippen molar-refractivity contribution in [3.05, 3.63) is 65.5 Å². The van der Waals surface area contributed by atoms with Gasteiger partial charge in [0.15, 0.2) is 12.4 Å². The van der Waals surface area contributed by atoms with Crippen LogP contribution in [-0.2, 0) is 7.05 Å². The van der Waals surface area contributed by atoms with E-state index < -0.39 is 0 Å². The summed E-state index contributed by atoms with van der Waals surface area (Å²) in [6.07, 6.45) is 4.01. The Kier molecular flexibility index (Phi) is 3.03. The number of hydrogen-bond acceptors (Lipinski definition) is 0. The highest BCUT2D eigenvalue weighted by Gasteiger charge is 1.92. The minimum Gasteiger partial charge on any atom is -0.207 e. The summed E-state index contributed by atoms with van der Waals surface area (Å²) in [6, 6.07) is 12.3. The Balaban J connectivity index is 2.25. The van der Waals surface area contributed by atoms with Crippen LogP contribution in [0.3, 0.4) is 0 Å². The van der Waals surface area contributed by atoms with E-state index in [0.717, 1.165) is 11.1 Å². The van der Waals surface area contributed by atoms with Crippen LogP contribution in [0.25, 0.3) is 0 Å². The molecular weight excluding hydrogens is 194 g/mol. The Morgan fingerprint density at radius 3 is 2.31 bits per heavy atom. The predicted molar refractivity (Wildman–Crippen MR) is 64.8 cm³/mol. The molecule has 0 atom stereocenters. The zero-order valence-electron chi connectivity index (χ0n) is 9.57. The highest BCUT2D eigenvalue weighted by atomic mass is 14.9. The van der Waals surface area contributed by atoms with E-state index >= 15 is 0 Å². The number of nitrogens with zero attached hydrogens (tertiary/aromatic N) is 1. The fraction of sp³-hybridized carbons (Fsp3) is 0.133. The first-order chi connectivity index (χ1) is 7.74. The average Bonchev–Trinajstić information content (AvgIpc) is 2.28. The molecule has 0 saturated heterocycles. The summed E-state index contributed by atoms with van der Waals surface area (Å²) < 4.78 is 2.00.